The number of carbonyl (C=O) groups excluding carboxylic acids is 1. The van der Waals surface area contributed by atoms with Crippen LogP contribution < -0.4 is 5.32 Å². The molecule has 144 valence electrons. The summed E-state index contributed by atoms with van der Waals surface area (Å²) < 4.78 is 38.9. The summed E-state index contributed by atoms with van der Waals surface area (Å²) in [6.07, 6.45) is -1.48. The SMILES string of the molecule is O=C(NCc1ccccc1C1(O)CCCC1)c1cccc(C(F)(F)F)c1Cl. The number of hydrogen-bond donors (Lipinski definition) is 2. The van der Waals surface area contributed by atoms with E-state index in [-0.39, 0.29) is 12.1 Å². The van der Waals surface area contributed by atoms with Gasteiger partial charge in [-0.3, -0.25) is 4.79 Å². The topological polar surface area (TPSA) is 49.3 Å². The lowest BCUT2D eigenvalue weighted by atomic mass is 9.88. The lowest BCUT2D eigenvalue weighted by Crippen LogP contribution is -2.28. The minimum atomic E-state index is -4.63. The van der Waals surface area contributed by atoms with E-state index in [1.807, 2.05) is 12.1 Å². The van der Waals surface area contributed by atoms with Gasteiger partial charge in [-0.1, -0.05) is 54.8 Å². The fourth-order valence-corrected chi connectivity index (χ4v) is 3.87. The first-order valence-electron chi connectivity index (χ1n) is 8.67. The molecule has 0 aliphatic heterocycles. The molecule has 1 saturated carbocycles. The maximum Gasteiger partial charge on any atom is 0.417 e. The van der Waals surface area contributed by atoms with Crippen LogP contribution >= 0.6 is 11.6 Å². The van der Waals surface area contributed by atoms with Gasteiger partial charge in [0.2, 0.25) is 0 Å². The van der Waals surface area contributed by atoms with Gasteiger partial charge in [0.1, 0.15) is 0 Å². The number of aliphatic hydroxyl groups is 1. The first-order chi connectivity index (χ1) is 12.7. The van der Waals surface area contributed by atoms with Gasteiger partial charge in [0, 0.05) is 6.54 Å². The van der Waals surface area contributed by atoms with E-state index in [4.69, 9.17) is 11.6 Å². The second kappa shape index (κ2) is 7.52. The highest BCUT2D eigenvalue weighted by Gasteiger charge is 2.36. The van der Waals surface area contributed by atoms with Crippen LogP contribution in [0.1, 0.15) is 52.7 Å². The van der Waals surface area contributed by atoms with Crippen LogP contribution in [0.25, 0.3) is 0 Å². The maximum absolute atomic E-state index is 13.0. The van der Waals surface area contributed by atoms with Crippen molar-refractivity contribution in [1.82, 2.24) is 5.32 Å². The Balaban J connectivity index is 1.80. The van der Waals surface area contributed by atoms with Crippen LogP contribution in [0.15, 0.2) is 42.5 Å². The monoisotopic (exact) mass is 397 g/mol. The summed E-state index contributed by atoms with van der Waals surface area (Å²) in [4.78, 5) is 12.4. The highest BCUT2D eigenvalue weighted by Crippen LogP contribution is 2.40. The molecule has 3 rings (SSSR count). The lowest BCUT2D eigenvalue weighted by molar-refractivity contribution is -0.137. The van der Waals surface area contributed by atoms with Gasteiger partial charge in [0.25, 0.3) is 5.91 Å². The van der Waals surface area contributed by atoms with E-state index in [0.29, 0.717) is 12.8 Å². The average Bonchev–Trinajstić information content (AvgIpc) is 3.07. The molecule has 27 heavy (non-hydrogen) atoms. The molecule has 0 atom stereocenters. The smallest absolute Gasteiger partial charge is 0.385 e. The molecule has 0 bridgehead atoms. The van der Waals surface area contributed by atoms with Gasteiger partial charge >= 0.3 is 6.18 Å². The molecule has 1 aliphatic rings. The molecule has 2 aromatic rings. The number of alkyl halides is 3. The molecule has 1 amide bonds. The molecule has 1 fully saturated rings. The van der Waals surface area contributed by atoms with Crippen LogP contribution in [0.4, 0.5) is 13.2 Å². The van der Waals surface area contributed by atoms with Gasteiger partial charge in [-0.2, -0.15) is 13.2 Å². The standard InChI is InChI=1S/C20H19ClF3NO2/c21-17-14(7-5-9-16(17)20(22,23)24)18(26)25-12-13-6-1-2-8-15(13)19(27)10-3-4-11-19/h1-2,5-9,27H,3-4,10-12H2,(H,25,26). The quantitative estimate of drug-likeness (QED) is 0.758. The molecule has 0 spiro atoms. The summed E-state index contributed by atoms with van der Waals surface area (Å²) >= 11 is 5.81. The van der Waals surface area contributed by atoms with Crippen molar-refractivity contribution < 1.29 is 23.1 Å². The Labute approximate surface area is 160 Å². The zero-order chi connectivity index (χ0) is 19.7. The van der Waals surface area contributed by atoms with E-state index in [1.165, 1.54) is 6.07 Å². The Morgan fingerprint density at radius 1 is 1.11 bits per heavy atom. The van der Waals surface area contributed by atoms with Gasteiger partial charge in [-0.15, -0.1) is 0 Å². The largest absolute Gasteiger partial charge is 0.417 e. The van der Waals surface area contributed by atoms with Gasteiger partial charge in [0.05, 0.1) is 21.8 Å². The summed E-state index contributed by atoms with van der Waals surface area (Å²) in [7, 11) is 0. The highest BCUT2D eigenvalue weighted by atomic mass is 35.5. The molecule has 0 unspecified atom stereocenters. The zero-order valence-corrected chi connectivity index (χ0v) is 15.2. The van der Waals surface area contributed by atoms with Crippen molar-refractivity contribution in [3.05, 3.63) is 69.7 Å². The number of nitrogens with one attached hydrogen (secondary N) is 1. The van der Waals surface area contributed by atoms with Crippen molar-refractivity contribution in [2.75, 3.05) is 0 Å². The third-order valence-electron chi connectivity index (χ3n) is 4.94. The average molecular weight is 398 g/mol. The number of hydrogen-bond acceptors (Lipinski definition) is 2. The number of amides is 1. The predicted octanol–water partition coefficient (Wildman–Crippen LogP) is 5.05. The van der Waals surface area contributed by atoms with Gasteiger partial charge in [-0.05, 0) is 36.1 Å². The summed E-state index contributed by atoms with van der Waals surface area (Å²) in [6.45, 7) is 0.0872. The minimum Gasteiger partial charge on any atom is -0.385 e. The highest BCUT2D eigenvalue weighted by molar-refractivity contribution is 6.34. The zero-order valence-electron chi connectivity index (χ0n) is 14.4. The molecule has 0 saturated heterocycles. The summed E-state index contributed by atoms with van der Waals surface area (Å²) in [6, 6.07) is 10.5. The van der Waals surface area contributed by atoms with E-state index in [9.17, 15) is 23.1 Å². The molecule has 3 nitrogen and oxygen atoms in total. The van der Waals surface area contributed by atoms with E-state index in [1.54, 1.807) is 12.1 Å². The summed E-state index contributed by atoms with van der Waals surface area (Å²) in [5.74, 6) is -0.695. The van der Waals surface area contributed by atoms with Crippen LogP contribution in [0.3, 0.4) is 0 Å². The van der Waals surface area contributed by atoms with Crippen molar-refractivity contribution in [3.63, 3.8) is 0 Å². The third-order valence-corrected chi connectivity index (χ3v) is 5.34. The molecular formula is C20H19ClF3NO2. The van der Waals surface area contributed by atoms with Crippen LogP contribution in [0.5, 0.6) is 0 Å². The van der Waals surface area contributed by atoms with Gasteiger partial charge in [-0.25, -0.2) is 0 Å². The second-order valence-corrected chi connectivity index (χ2v) is 7.12. The Hall–Kier alpha value is -2.05. The number of rotatable bonds is 4. The molecule has 0 heterocycles. The van der Waals surface area contributed by atoms with Crippen molar-refractivity contribution in [2.24, 2.45) is 0 Å². The van der Waals surface area contributed by atoms with Crippen LogP contribution in [0, 0.1) is 0 Å². The molecule has 1 aliphatic carbocycles. The molecular weight excluding hydrogens is 379 g/mol. The molecule has 0 radical (unpaired) electrons. The number of benzene rings is 2. The normalized spacial score (nSPS) is 16.3. The summed E-state index contributed by atoms with van der Waals surface area (Å²) in [5, 5.41) is 12.8. The third kappa shape index (κ3) is 4.12. The Morgan fingerprint density at radius 3 is 2.44 bits per heavy atom. The van der Waals surface area contributed by atoms with E-state index < -0.39 is 28.3 Å². The fourth-order valence-electron chi connectivity index (χ4n) is 3.55. The maximum atomic E-state index is 13.0. The predicted molar refractivity (Wildman–Crippen MR) is 96.4 cm³/mol. The number of halogens is 4. The molecule has 2 N–H and O–H groups in total. The van der Waals surface area contributed by atoms with E-state index in [0.717, 1.165) is 36.1 Å². The van der Waals surface area contributed by atoms with Crippen LogP contribution in [0.2, 0.25) is 5.02 Å². The molecule has 7 heteroatoms. The lowest BCUT2D eigenvalue weighted by Gasteiger charge is -2.25. The van der Waals surface area contributed by atoms with Crippen LogP contribution in [-0.4, -0.2) is 11.0 Å². The van der Waals surface area contributed by atoms with Crippen molar-refractivity contribution in [3.8, 4) is 0 Å². The first-order valence-corrected chi connectivity index (χ1v) is 9.05. The van der Waals surface area contributed by atoms with Crippen molar-refractivity contribution >= 4 is 17.5 Å². The Kier molecular flexibility index (Phi) is 5.49. The van der Waals surface area contributed by atoms with Crippen molar-refractivity contribution in [1.29, 1.82) is 0 Å². The second-order valence-electron chi connectivity index (χ2n) is 6.74. The molecule has 0 aromatic heterocycles. The van der Waals surface area contributed by atoms with Crippen LogP contribution in [-0.2, 0) is 18.3 Å². The Bertz CT molecular complexity index is 845. The number of carbonyl (C=O) groups is 1. The Morgan fingerprint density at radius 2 is 1.78 bits per heavy atom. The van der Waals surface area contributed by atoms with Crippen molar-refractivity contribution in [2.45, 2.75) is 44.0 Å². The van der Waals surface area contributed by atoms with E-state index in [2.05, 4.69) is 5.32 Å². The van der Waals surface area contributed by atoms with Gasteiger partial charge < -0.3 is 10.4 Å². The summed E-state index contributed by atoms with van der Waals surface area (Å²) in [5.41, 5.74) is -0.716. The minimum absolute atomic E-state index is 0.0872. The van der Waals surface area contributed by atoms with Gasteiger partial charge in [0.15, 0.2) is 0 Å². The first kappa shape index (κ1) is 19.7. The fraction of sp³-hybridized carbons (Fsp3) is 0.350. The van der Waals surface area contributed by atoms with E-state index >= 15 is 0 Å². The molecule has 2 aromatic carbocycles.